The highest BCUT2D eigenvalue weighted by Gasteiger charge is 2.27. The first-order valence-corrected chi connectivity index (χ1v) is 5.46. The Labute approximate surface area is 99.7 Å². The molecule has 0 aromatic heterocycles. The fourth-order valence-corrected chi connectivity index (χ4v) is 1.59. The minimum Gasteiger partial charge on any atom is -0.410 e. The molecule has 2 rings (SSSR count). The van der Waals surface area contributed by atoms with Gasteiger partial charge in [0, 0.05) is 7.05 Å². The fourth-order valence-electron chi connectivity index (χ4n) is 1.59. The molecule has 0 bridgehead atoms. The second kappa shape index (κ2) is 5.16. The van der Waals surface area contributed by atoms with E-state index in [4.69, 9.17) is 14.2 Å². The number of carbonyl (C=O) groups excluding carboxylic acids is 1. The Morgan fingerprint density at radius 1 is 1.47 bits per heavy atom. The normalized spacial score (nSPS) is 23.4. The Morgan fingerprint density at radius 3 is 2.88 bits per heavy atom. The molecule has 5 heteroatoms. The molecule has 17 heavy (non-hydrogen) atoms. The Morgan fingerprint density at radius 2 is 2.24 bits per heavy atom. The maximum absolute atomic E-state index is 11.2. The molecule has 1 amide bonds. The van der Waals surface area contributed by atoms with E-state index in [1.165, 1.54) is 7.05 Å². The van der Waals surface area contributed by atoms with Crippen LogP contribution in [0.3, 0.4) is 0 Å². The summed E-state index contributed by atoms with van der Waals surface area (Å²) >= 11 is 0. The molecular weight excluding hydrogens is 222 g/mol. The zero-order valence-electron chi connectivity index (χ0n) is 9.80. The van der Waals surface area contributed by atoms with Crippen molar-refractivity contribution >= 4 is 6.09 Å². The third-order valence-electron chi connectivity index (χ3n) is 2.42. The quantitative estimate of drug-likeness (QED) is 0.852. The van der Waals surface area contributed by atoms with Crippen molar-refractivity contribution in [2.45, 2.75) is 19.3 Å². The smallest absolute Gasteiger partial charge is 0.410 e. The van der Waals surface area contributed by atoms with Crippen molar-refractivity contribution in [2.24, 2.45) is 0 Å². The van der Waals surface area contributed by atoms with Crippen molar-refractivity contribution in [3.63, 3.8) is 0 Å². The van der Waals surface area contributed by atoms with Crippen LogP contribution < -0.4 is 10.1 Å². The lowest BCUT2D eigenvalue weighted by Gasteiger charge is -2.14. The van der Waals surface area contributed by atoms with Crippen LogP contribution in [-0.2, 0) is 9.47 Å². The summed E-state index contributed by atoms with van der Waals surface area (Å²) in [4.78, 5) is 11.2. The van der Waals surface area contributed by atoms with Crippen LogP contribution >= 0.6 is 0 Å². The molecule has 0 saturated carbocycles. The van der Waals surface area contributed by atoms with Gasteiger partial charge in [-0.2, -0.15) is 0 Å². The Hall–Kier alpha value is -1.59. The Balaban J connectivity index is 2.18. The van der Waals surface area contributed by atoms with Crippen LogP contribution in [0, 0.1) is 0 Å². The largest absolute Gasteiger partial charge is 0.412 e. The zero-order chi connectivity index (χ0) is 12.3. The molecule has 1 fully saturated rings. The summed E-state index contributed by atoms with van der Waals surface area (Å²) in [5.74, 6) is 0.450. The van der Waals surface area contributed by atoms with Gasteiger partial charge in [0.15, 0.2) is 6.29 Å². The first-order valence-electron chi connectivity index (χ1n) is 5.46. The first kappa shape index (κ1) is 11.9. The summed E-state index contributed by atoms with van der Waals surface area (Å²) in [5.41, 5.74) is 0.723. The molecule has 0 aliphatic carbocycles. The van der Waals surface area contributed by atoms with Crippen LogP contribution in [-0.4, -0.2) is 25.9 Å². The lowest BCUT2D eigenvalue weighted by Crippen LogP contribution is -2.23. The van der Waals surface area contributed by atoms with Crippen LogP contribution in [0.25, 0.3) is 0 Å². The third-order valence-corrected chi connectivity index (χ3v) is 2.42. The molecule has 1 aliphatic heterocycles. The van der Waals surface area contributed by atoms with Gasteiger partial charge in [0.25, 0.3) is 0 Å². The highest BCUT2D eigenvalue weighted by Crippen LogP contribution is 2.33. The van der Waals surface area contributed by atoms with Gasteiger partial charge in [-0.25, -0.2) is 4.79 Å². The number of ether oxygens (including phenoxy) is 3. The molecule has 1 aromatic carbocycles. The number of carbonyl (C=O) groups is 1. The van der Waals surface area contributed by atoms with Crippen LogP contribution in [0.5, 0.6) is 5.75 Å². The van der Waals surface area contributed by atoms with E-state index in [1.807, 2.05) is 19.1 Å². The second-order valence-electron chi connectivity index (χ2n) is 3.79. The van der Waals surface area contributed by atoms with E-state index in [-0.39, 0.29) is 6.10 Å². The first-order chi connectivity index (χ1) is 8.20. The van der Waals surface area contributed by atoms with E-state index in [0.717, 1.165) is 5.56 Å². The summed E-state index contributed by atoms with van der Waals surface area (Å²) < 4.78 is 16.2. The van der Waals surface area contributed by atoms with E-state index in [0.29, 0.717) is 12.4 Å². The van der Waals surface area contributed by atoms with Gasteiger partial charge in [0.1, 0.15) is 5.75 Å². The average molecular weight is 237 g/mol. The van der Waals surface area contributed by atoms with Crippen molar-refractivity contribution in [3.8, 4) is 5.75 Å². The summed E-state index contributed by atoms with van der Waals surface area (Å²) in [6.07, 6.45) is -0.928. The van der Waals surface area contributed by atoms with E-state index in [9.17, 15) is 4.79 Å². The number of hydrogen-bond acceptors (Lipinski definition) is 4. The second-order valence-corrected chi connectivity index (χ2v) is 3.79. The lowest BCUT2D eigenvalue weighted by molar-refractivity contribution is -0.0582. The number of rotatable bonds is 2. The average Bonchev–Trinajstić information content (AvgIpc) is 2.76. The highest BCUT2D eigenvalue weighted by atomic mass is 16.7. The van der Waals surface area contributed by atoms with Crippen LogP contribution in [0.4, 0.5) is 4.79 Å². The predicted octanol–water partition coefficient (Wildman–Crippen LogP) is 1.84. The van der Waals surface area contributed by atoms with E-state index in [2.05, 4.69) is 5.32 Å². The van der Waals surface area contributed by atoms with Gasteiger partial charge in [0.05, 0.1) is 18.3 Å². The van der Waals surface area contributed by atoms with Crippen LogP contribution in [0.15, 0.2) is 24.3 Å². The number of hydrogen-bond donors (Lipinski definition) is 1. The molecule has 2 unspecified atom stereocenters. The number of amides is 1. The number of para-hydroxylation sites is 1. The van der Waals surface area contributed by atoms with Crippen molar-refractivity contribution in [2.75, 3.05) is 13.7 Å². The molecule has 1 N–H and O–H groups in total. The predicted molar refractivity (Wildman–Crippen MR) is 60.8 cm³/mol. The molecule has 2 atom stereocenters. The third kappa shape index (κ3) is 2.75. The number of benzene rings is 1. The van der Waals surface area contributed by atoms with Gasteiger partial charge < -0.3 is 19.5 Å². The SMILES string of the molecule is CNC(=O)Oc1ccccc1C1OCC(C)O1. The van der Waals surface area contributed by atoms with Gasteiger partial charge in [-0.05, 0) is 13.0 Å². The minimum atomic E-state index is -0.511. The van der Waals surface area contributed by atoms with Crippen molar-refractivity contribution in [1.29, 1.82) is 0 Å². The van der Waals surface area contributed by atoms with Crippen molar-refractivity contribution in [1.82, 2.24) is 5.32 Å². The summed E-state index contributed by atoms with van der Waals surface area (Å²) in [6.45, 7) is 2.47. The maximum atomic E-state index is 11.2. The van der Waals surface area contributed by atoms with Gasteiger partial charge in [-0.1, -0.05) is 18.2 Å². The van der Waals surface area contributed by atoms with Crippen molar-refractivity contribution in [3.05, 3.63) is 29.8 Å². The molecule has 1 saturated heterocycles. The molecule has 1 aromatic rings. The molecule has 92 valence electrons. The topological polar surface area (TPSA) is 56.8 Å². The minimum absolute atomic E-state index is 0.0491. The highest BCUT2D eigenvalue weighted by molar-refractivity contribution is 5.70. The standard InChI is InChI=1S/C12H15NO4/c1-8-7-15-11(16-8)9-5-3-4-6-10(9)17-12(14)13-2/h3-6,8,11H,7H2,1-2H3,(H,13,14). The number of nitrogens with one attached hydrogen (secondary N) is 1. The molecule has 0 radical (unpaired) electrons. The Bertz CT molecular complexity index is 407. The Kier molecular flexibility index (Phi) is 3.61. The molecule has 1 aliphatic rings. The van der Waals surface area contributed by atoms with Gasteiger partial charge in [0.2, 0.25) is 0 Å². The lowest BCUT2D eigenvalue weighted by atomic mass is 10.2. The van der Waals surface area contributed by atoms with Gasteiger partial charge in [-0.3, -0.25) is 0 Å². The van der Waals surface area contributed by atoms with Gasteiger partial charge in [-0.15, -0.1) is 0 Å². The molecular formula is C12H15NO4. The summed E-state index contributed by atoms with van der Waals surface area (Å²) in [5, 5.41) is 2.40. The van der Waals surface area contributed by atoms with Crippen LogP contribution in [0.1, 0.15) is 18.8 Å². The van der Waals surface area contributed by atoms with Crippen LogP contribution in [0.2, 0.25) is 0 Å². The van der Waals surface area contributed by atoms with E-state index >= 15 is 0 Å². The zero-order valence-corrected chi connectivity index (χ0v) is 9.80. The fraction of sp³-hybridized carbons (Fsp3) is 0.417. The monoisotopic (exact) mass is 237 g/mol. The summed E-state index contributed by atoms with van der Waals surface area (Å²) in [7, 11) is 1.51. The molecule has 1 heterocycles. The maximum Gasteiger partial charge on any atom is 0.412 e. The van der Waals surface area contributed by atoms with Gasteiger partial charge >= 0.3 is 6.09 Å². The van der Waals surface area contributed by atoms with E-state index in [1.54, 1.807) is 12.1 Å². The summed E-state index contributed by atoms with van der Waals surface area (Å²) in [6, 6.07) is 7.17. The molecule has 0 spiro atoms. The van der Waals surface area contributed by atoms with E-state index < -0.39 is 12.4 Å². The van der Waals surface area contributed by atoms with Crippen molar-refractivity contribution < 1.29 is 19.0 Å². The molecule has 5 nitrogen and oxygen atoms in total.